The van der Waals surface area contributed by atoms with Crippen LogP contribution in [-0.4, -0.2) is 27.6 Å². The van der Waals surface area contributed by atoms with E-state index in [0.717, 1.165) is 11.3 Å². The lowest BCUT2D eigenvalue weighted by Gasteiger charge is -2.17. The number of carbonyl (C=O) groups excluding carboxylic acids is 1. The number of pyridine rings is 1. The molecule has 0 aliphatic carbocycles. The molecule has 126 valence electrons. The summed E-state index contributed by atoms with van der Waals surface area (Å²) in [6.07, 6.45) is 3.75. The Labute approximate surface area is 145 Å². The number of nitrogens with zero attached hydrogens (tertiary/aromatic N) is 4. The zero-order valence-electron chi connectivity index (χ0n) is 14.1. The van der Waals surface area contributed by atoms with Crippen molar-refractivity contribution in [2.24, 2.45) is 0 Å². The molecule has 0 saturated carbocycles. The summed E-state index contributed by atoms with van der Waals surface area (Å²) in [7, 11) is 0. The Bertz CT molecular complexity index is 920. The molecule has 1 fully saturated rings. The molecule has 1 saturated heterocycles. The van der Waals surface area contributed by atoms with E-state index >= 15 is 0 Å². The number of anilines is 1. The van der Waals surface area contributed by atoms with Crippen LogP contribution in [0.5, 0.6) is 0 Å². The highest BCUT2D eigenvalue weighted by molar-refractivity contribution is 5.96. The smallest absolute Gasteiger partial charge is 0.258 e. The minimum absolute atomic E-state index is 0.0616. The van der Waals surface area contributed by atoms with Gasteiger partial charge in [-0.15, -0.1) is 0 Å². The fourth-order valence-electron chi connectivity index (χ4n) is 3.04. The quantitative estimate of drug-likeness (QED) is 0.735. The second kappa shape index (κ2) is 6.12. The summed E-state index contributed by atoms with van der Waals surface area (Å²) in [5.41, 5.74) is 4.14. The van der Waals surface area contributed by atoms with Crippen molar-refractivity contribution >= 4 is 11.6 Å². The Hall–Kier alpha value is -3.02. The molecule has 0 bridgehead atoms. The van der Waals surface area contributed by atoms with Crippen LogP contribution < -0.4 is 4.90 Å². The van der Waals surface area contributed by atoms with Crippen molar-refractivity contribution in [3.05, 3.63) is 59.7 Å². The van der Waals surface area contributed by atoms with E-state index in [9.17, 15) is 4.79 Å². The number of hydrogen-bond donors (Lipinski definition) is 0. The molecule has 0 radical (unpaired) electrons. The lowest BCUT2D eigenvalue weighted by Crippen LogP contribution is -2.24. The first-order valence-electron chi connectivity index (χ1n) is 8.23. The number of rotatable bonds is 3. The lowest BCUT2D eigenvalue weighted by atomic mass is 10.1. The number of aromatic nitrogens is 3. The summed E-state index contributed by atoms with van der Waals surface area (Å²) in [6.45, 7) is 4.68. The zero-order chi connectivity index (χ0) is 17.4. The van der Waals surface area contributed by atoms with E-state index in [4.69, 9.17) is 4.52 Å². The average molecular weight is 334 g/mol. The molecule has 1 amide bonds. The van der Waals surface area contributed by atoms with Crippen molar-refractivity contribution < 1.29 is 9.32 Å². The van der Waals surface area contributed by atoms with Crippen LogP contribution in [0.2, 0.25) is 0 Å². The predicted octanol–water partition coefficient (Wildman–Crippen LogP) is 3.27. The molecule has 4 rings (SSSR count). The predicted molar refractivity (Wildman–Crippen MR) is 93.2 cm³/mol. The van der Waals surface area contributed by atoms with E-state index < -0.39 is 0 Å². The van der Waals surface area contributed by atoms with Gasteiger partial charge in [-0.3, -0.25) is 9.78 Å². The molecular weight excluding hydrogens is 316 g/mol. The van der Waals surface area contributed by atoms with Crippen LogP contribution in [0.15, 0.2) is 47.2 Å². The van der Waals surface area contributed by atoms with Crippen molar-refractivity contribution in [3.8, 4) is 11.5 Å². The lowest BCUT2D eigenvalue weighted by molar-refractivity contribution is -0.117. The minimum atomic E-state index is -0.0616. The van der Waals surface area contributed by atoms with Crippen molar-refractivity contribution in [1.82, 2.24) is 15.1 Å². The molecular formula is C19H18N4O2. The summed E-state index contributed by atoms with van der Waals surface area (Å²) in [5, 5.41) is 4.08. The molecule has 0 N–H and O–H groups in total. The Morgan fingerprint density at radius 3 is 2.68 bits per heavy atom. The largest absolute Gasteiger partial charge is 0.334 e. The van der Waals surface area contributed by atoms with Crippen LogP contribution >= 0.6 is 0 Å². The number of aryl methyl sites for hydroxylation is 2. The van der Waals surface area contributed by atoms with Crippen molar-refractivity contribution in [3.63, 3.8) is 0 Å². The van der Waals surface area contributed by atoms with E-state index in [1.165, 1.54) is 11.1 Å². The van der Waals surface area contributed by atoms with Crippen molar-refractivity contribution in [2.75, 3.05) is 11.4 Å². The normalized spacial score (nSPS) is 17.3. The van der Waals surface area contributed by atoms with Gasteiger partial charge in [-0.25, -0.2) is 0 Å². The van der Waals surface area contributed by atoms with E-state index in [1.54, 1.807) is 17.3 Å². The topological polar surface area (TPSA) is 72.1 Å². The molecule has 3 aromatic rings. The fraction of sp³-hybridized carbons (Fsp3) is 0.263. The van der Waals surface area contributed by atoms with Gasteiger partial charge < -0.3 is 9.42 Å². The molecule has 1 aliphatic heterocycles. The second-order valence-corrected chi connectivity index (χ2v) is 6.37. The third-order valence-electron chi connectivity index (χ3n) is 4.66. The fourth-order valence-corrected chi connectivity index (χ4v) is 3.04. The first-order valence-corrected chi connectivity index (χ1v) is 8.23. The first kappa shape index (κ1) is 15.5. The standard InChI is InChI=1S/C19H18N4O2/c1-12-3-4-16(9-13(12)2)23-11-15(10-17(23)24)18-21-19(25-22-18)14-5-7-20-8-6-14/h3-9,15H,10-11H2,1-2H3. The van der Waals surface area contributed by atoms with Gasteiger partial charge in [0.2, 0.25) is 5.91 Å². The van der Waals surface area contributed by atoms with Crippen LogP contribution in [0.25, 0.3) is 11.5 Å². The van der Waals surface area contributed by atoms with Crippen LogP contribution in [0.1, 0.15) is 29.3 Å². The maximum absolute atomic E-state index is 12.5. The van der Waals surface area contributed by atoms with Gasteiger partial charge in [-0.05, 0) is 49.2 Å². The molecule has 25 heavy (non-hydrogen) atoms. The highest BCUT2D eigenvalue weighted by atomic mass is 16.5. The maximum atomic E-state index is 12.5. The Morgan fingerprint density at radius 2 is 1.92 bits per heavy atom. The maximum Gasteiger partial charge on any atom is 0.258 e. The first-order chi connectivity index (χ1) is 12.1. The SMILES string of the molecule is Cc1ccc(N2CC(c3noc(-c4ccncc4)n3)CC2=O)cc1C. The molecule has 0 spiro atoms. The van der Waals surface area contributed by atoms with Gasteiger partial charge in [-0.1, -0.05) is 11.2 Å². The Morgan fingerprint density at radius 1 is 1.12 bits per heavy atom. The molecule has 2 aromatic heterocycles. The Kier molecular flexibility index (Phi) is 3.80. The summed E-state index contributed by atoms with van der Waals surface area (Å²) in [6, 6.07) is 9.72. The van der Waals surface area contributed by atoms with Crippen molar-refractivity contribution in [2.45, 2.75) is 26.2 Å². The number of hydrogen-bond acceptors (Lipinski definition) is 5. The second-order valence-electron chi connectivity index (χ2n) is 6.37. The van der Waals surface area contributed by atoms with Crippen LogP contribution in [-0.2, 0) is 4.79 Å². The summed E-state index contributed by atoms with van der Waals surface area (Å²) < 4.78 is 5.36. The van der Waals surface area contributed by atoms with E-state index in [1.807, 2.05) is 30.3 Å². The van der Waals surface area contributed by atoms with E-state index in [0.29, 0.717) is 24.7 Å². The highest BCUT2D eigenvalue weighted by Crippen LogP contribution is 2.32. The molecule has 6 nitrogen and oxygen atoms in total. The van der Waals surface area contributed by atoms with Gasteiger partial charge in [0.1, 0.15) is 0 Å². The third kappa shape index (κ3) is 2.91. The molecule has 6 heteroatoms. The van der Waals surface area contributed by atoms with Gasteiger partial charge in [-0.2, -0.15) is 4.98 Å². The third-order valence-corrected chi connectivity index (χ3v) is 4.66. The van der Waals surface area contributed by atoms with E-state index in [2.05, 4.69) is 29.0 Å². The molecule has 1 unspecified atom stereocenters. The summed E-state index contributed by atoms with van der Waals surface area (Å²) in [4.78, 5) is 22.7. The van der Waals surface area contributed by atoms with Gasteiger partial charge in [0, 0.05) is 42.5 Å². The van der Waals surface area contributed by atoms with Crippen molar-refractivity contribution in [1.29, 1.82) is 0 Å². The summed E-state index contributed by atoms with van der Waals surface area (Å²) >= 11 is 0. The molecule has 3 heterocycles. The molecule has 1 aromatic carbocycles. The minimum Gasteiger partial charge on any atom is -0.334 e. The van der Waals surface area contributed by atoms with Gasteiger partial charge >= 0.3 is 0 Å². The van der Waals surface area contributed by atoms with Gasteiger partial charge in [0.25, 0.3) is 5.89 Å². The van der Waals surface area contributed by atoms with Gasteiger partial charge in [0.05, 0.1) is 0 Å². The van der Waals surface area contributed by atoms with E-state index in [-0.39, 0.29) is 11.8 Å². The molecule has 1 aliphatic rings. The zero-order valence-corrected chi connectivity index (χ0v) is 14.1. The van der Waals surface area contributed by atoms with Crippen LogP contribution in [0.4, 0.5) is 5.69 Å². The monoisotopic (exact) mass is 334 g/mol. The number of amides is 1. The summed E-state index contributed by atoms with van der Waals surface area (Å²) in [5.74, 6) is 1.05. The average Bonchev–Trinajstić information content (AvgIpc) is 3.25. The van der Waals surface area contributed by atoms with Crippen LogP contribution in [0.3, 0.4) is 0 Å². The van der Waals surface area contributed by atoms with Crippen LogP contribution in [0, 0.1) is 13.8 Å². The Balaban J connectivity index is 1.56. The number of benzene rings is 1. The number of carbonyl (C=O) groups is 1. The molecule has 1 atom stereocenters. The highest BCUT2D eigenvalue weighted by Gasteiger charge is 2.34. The van der Waals surface area contributed by atoms with Gasteiger partial charge in [0.15, 0.2) is 5.82 Å².